The SMILES string of the molecule is N#C[C@H]1C[C@H](c2cccs2)Nc2ccccc2N1. The molecule has 0 unspecified atom stereocenters. The molecule has 0 fully saturated rings. The highest BCUT2D eigenvalue weighted by Crippen LogP contribution is 2.34. The highest BCUT2D eigenvalue weighted by atomic mass is 32.1. The van der Waals surface area contributed by atoms with E-state index in [-0.39, 0.29) is 12.1 Å². The number of hydrogen-bond acceptors (Lipinski definition) is 4. The average Bonchev–Trinajstić information content (AvgIpc) is 2.86. The Morgan fingerprint density at radius 2 is 1.89 bits per heavy atom. The summed E-state index contributed by atoms with van der Waals surface area (Å²) in [6.07, 6.45) is 0.770. The van der Waals surface area contributed by atoms with Crippen LogP contribution in [0.1, 0.15) is 17.3 Å². The van der Waals surface area contributed by atoms with Crippen molar-refractivity contribution >= 4 is 22.7 Å². The first-order valence-corrected chi connectivity index (χ1v) is 6.80. The van der Waals surface area contributed by atoms with Crippen LogP contribution in [0.25, 0.3) is 0 Å². The maximum Gasteiger partial charge on any atom is 0.116 e. The standard InChI is InChI=1S/C14H13N3S/c15-9-10-8-13(14-6-3-7-18-14)17-12-5-2-1-4-11(12)16-10/h1-7,10,13,16-17H,8H2/t10-,13-/m1/s1. The van der Waals surface area contributed by atoms with Crippen molar-refractivity contribution in [1.82, 2.24) is 0 Å². The van der Waals surface area contributed by atoms with Crippen molar-refractivity contribution in [2.75, 3.05) is 10.6 Å². The first-order chi connectivity index (χ1) is 8.86. The minimum atomic E-state index is -0.159. The third kappa shape index (κ3) is 2.05. The lowest BCUT2D eigenvalue weighted by Crippen LogP contribution is -2.19. The van der Waals surface area contributed by atoms with E-state index in [1.807, 2.05) is 30.3 Å². The van der Waals surface area contributed by atoms with Gasteiger partial charge in [0.2, 0.25) is 0 Å². The van der Waals surface area contributed by atoms with Crippen LogP contribution in [-0.2, 0) is 0 Å². The van der Waals surface area contributed by atoms with E-state index in [0.717, 1.165) is 17.8 Å². The lowest BCUT2D eigenvalue weighted by atomic mass is 10.1. The highest BCUT2D eigenvalue weighted by Gasteiger charge is 2.23. The van der Waals surface area contributed by atoms with Crippen LogP contribution in [0.5, 0.6) is 0 Å². The molecule has 0 bridgehead atoms. The molecule has 18 heavy (non-hydrogen) atoms. The molecule has 0 spiro atoms. The molecule has 4 heteroatoms. The van der Waals surface area contributed by atoms with Gasteiger partial charge in [-0.3, -0.25) is 0 Å². The predicted molar refractivity (Wildman–Crippen MR) is 74.8 cm³/mol. The molecule has 0 saturated carbocycles. The summed E-state index contributed by atoms with van der Waals surface area (Å²) in [5, 5.41) is 18.1. The third-order valence-corrected chi connectivity index (χ3v) is 4.09. The van der Waals surface area contributed by atoms with Gasteiger partial charge in [-0.25, -0.2) is 0 Å². The summed E-state index contributed by atoms with van der Waals surface area (Å²) >= 11 is 1.73. The molecule has 2 N–H and O–H groups in total. The molecule has 2 aromatic rings. The summed E-state index contributed by atoms with van der Waals surface area (Å²) in [7, 11) is 0. The number of anilines is 2. The maximum atomic E-state index is 9.22. The van der Waals surface area contributed by atoms with Crippen molar-refractivity contribution in [2.24, 2.45) is 0 Å². The monoisotopic (exact) mass is 255 g/mol. The molecule has 0 aliphatic carbocycles. The van der Waals surface area contributed by atoms with Crippen molar-refractivity contribution in [3.63, 3.8) is 0 Å². The van der Waals surface area contributed by atoms with E-state index in [4.69, 9.17) is 0 Å². The summed E-state index contributed by atoms with van der Waals surface area (Å²) in [6.45, 7) is 0. The molecule has 3 rings (SSSR count). The van der Waals surface area contributed by atoms with E-state index in [1.165, 1.54) is 4.88 Å². The van der Waals surface area contributed by atoms with Gasteiger partial charge in [0.05, 0.1) is 23.5 Å². The molecule has 2 heterocycles. The second kappa shape index (κ2) is 4.71. The number of rotatable bonds is 1. The van der Waals surface area contributed by atoms with Gasteiger partial charge in [-0.2, -0.15) is 5.26 Å². The lowest BCUT2D eigenvalue weighted by molar-refractivity contribution is 0.685. The molecule has 90 valence electrons. The van der Waals surface area contributed by atoms with Crippen LogP contribution in [-0.4, -0.2) is 6.04 Å². The Balaban J connectivity index is 1.97. The summed E-state index contributed by atoms with van der Waals surface area (Å²) in [5.74, 6) is 0. The van der Waals surface area contributed by atoms with Crippen molar-refractivity contribution < 1.29 is 0 Å². The van der Waals surface area contributed by atoms with Gasteiger partial charge in [-0.1, -0.05) is 18.2 Å². The number of nitriles is 1. The van der Waals surface area contributed by atoms with Gasteiger partial charge in [-0.15, -0.1) is 11.3 Å². The minimum absolute atomic E-state index is 0.159. The van der Waals surface area contributed by atoms with E-state index < -0.39 is 0 Å². The van der Waals surface area contributed by atoms with Crippen LogP contribution < -0.4 is 10.6 Å². The minimum Gasteiger partial charge on any atom is -0.376 e. The number of benzene rings is 1. The molecule has 0 saturated heterocycles. The predicted octanol–water partition coefficient (Wildman–Crippen LogP) is 3.61. The van der Waals surface area contributed by atoms with E-state index in [0.29, 0.717) is 0 Å². The molecule has 1 aliphatic rings. The normalized spacial score (nSPS) is 21.9. The van der Waals surface area contributed by atoms with Gasteiger partial charge in [-0.05, 0) is 23.6 Å². The summed E-state index contributed by atoms with van der Waals surface area (Å²) in [5.41, 5.74) is 2.07. The van der Waals surface area contributed by atoms with Crippen LogP contribution in [0.4, 0.5) is 11.4 Å². The van der Waals surface area contributed by atoms with E-state index >= 15 is 0 Å². The Morgan fingerprint density at radius 1 is 1.11 bits per heavy atom. The third-order valence-electron chi connectivity index (χ3n) is 3.10. The molecular weight excluding hydrogens is 242 g/mol. The van der Waals surface area contributed by atoms with Gasteiger partial charge < -0.3 is 10.6 Å². The fourth-order valence-electron chi connectivity index (χ4n) is 2.23. The second-order valence-corrected chi connectivity index (χ2v) is 5.30. The number of thiophene rings is 1. The Kier molecular flexibility index (Phi) is 2.91. The topological polar surface area (TPSA) is 47.9 Å². The molecule has 2 atom stereocenters. The Morgan fingerprint density at radius 3 is 2.56 bits per heavy atom. The Bertz CT molecular complexity index is 571. The van der Waals surface area contributed by atoms with Crippen LogP contribution in [0, 0.1) is 11.3 Å². The molecular formula is C14H13N3S. The zero-order valence-electron chi connectivity index (χ0n) is 9.76. The zero-order chi connectivity index (χ0) is 12.4. The van der Waals surface area contributed by atoms with E-state index in [9.17, 15) is 5.26 Å². The highest BCUT2D eigenvalue weighted by molar-refractivity contribution is 7.10. The van der Waals surface area contributed by atoms with Gasteiger partial charge in [0.15, 0.2) is 0 Å². The fraction of sp³-hybridized carbons (Fsp3) is 0.214. The van der Waals surface area contributed by atoms with Crippen LogP contribution in [0.3, 0.4) is 0 Å². The molecule has 1 aromatic heterocycles. The first kappa shape index (κ1) is 11.1. The number of fused-ring (bicyclic) bond motifs is 1. The number of para-hydroxylation sites is 2. The lowest BCUT2D eigenvalue weighted by Gasteiger charge is -2.16. The summed E-state index contributed by atoms with van der Waals surface area (Å²) in [6, 6.07) is 14.6. The van der Waals surface area contributed by atoms with Crippen molar-refractivity contribution in [2.45, 2.75) is 18.5 Å². The van der Waals surface area contributed by atoms with Gasteiger partial charge >= 0.3 is 0 Å². The average molecular weight is 255 g/mol. The summed E-state index contributed by atoms with van der Waals surface area (Å²) < 4.78 is 0. The van der Waals surface area contributed by atoms with Gasteiger partial charge in [0, 0.05) is 11.3 Å². The van der Waals surface area contributed by atoms with Crippen LogP contribution in [0.15, 0.2) is 41.8 Å². The maximum absolute atomic E-state index is 9.22. The van der Waals surface area contributed by atoms with Gasteiger partial charge in [0.25, 0.3) is 0 Å². The molecule has 1 aliphatic heterocycles. The Labute approximate surface area is 110 Å². The van der Waals surface area contributed by atoms with Crippen LogP contribution >= 0.6 is 11.3 Å². The van der Waals surface area contributed by atoms with Crippen molar-refractivity contribution in [3.8, 4) is 6.07 Å². The Hall–Kier alpha value is -1.99. The molecule has 0 amide bonds. The largest absolute Gasteiger partial charge is 0.376 e. The first-order valence-electron chi connectivity index (χ1n) is 5.92. The molecule has 1 aromatic carbocycles. The van der Waals surface area contributed by atoms with Crippen LogP contribution in [0.2, 0.25) is 0 Å². The van der Waals surface area contributed by atoms with E-state index in [2.05, 4.69) is 28.1 Å². The number of nitrogens with one attached hydrogen (secondary N) is 2. The van der Waals surface area contributed by atoms with Gasteiger partial charge in [0.1, 0.15) is 6.04 Å². The number of nitrogens with zero attached hydrogens (tertiary/aromatic N) is 1. The number of hydrogen-bond donors (Lipinski definition) is 2. The molecule has 0 radical (unpaired) electrons. The quantitative estimate of drug-likeness (QED) is 0.818. The van der Waals surface area contributed by atoms with E-state index in [1.54, 1.807) is 11.3 Å². The van der Waals surface area contributed by atoms with Crippen molar-refractivity contribution in [1.29, 1.82) is 5.26 Å². The smallest absolute Gasteiger partial charge is 0.116 e. The second-order valence-electron chi connectivity index (χ2n) is 4.32. The molecule has 3 nitrogen and oxygen atoms in total. The summed E-state index contributed by atoms with van der Waals surface area (Å²) in [4.78, 5) is 1.27. The van der Waals surface area contributed by atoms with Crippen molar-refractivity contribution in [3.05, 3.63) is 46.7 Å². The fourth-order valence-corrected chi connectivity index (χ4v) is 3.02. The zero-order valence-corrected chi connectivity index (χ0v) is 10.6.